The first-order chi connectivity index (χ1) is 15.1. The van der Waals surface area contributed by atoms with Crippen LogP contribution >= 0.6 is 0 Å². The molecule has 5 nitrogen and oxygen atoms in total. The maximum Gasteiger partial charge on any atom is 0.215 e. The van der Waals surface area contributed by atoms with Crippen molar-refractivity contribution in [2.24, 2.45) is 0 Å². The van der Waals surface area contributed by atoms with E-state index in [9.17, 15) is 5.11 Å². The van der Waals surface area contributed by atoms with Gasteiger partial charge in [0.1, 0.15) is 11.2 Å². The molecule has 5 rings (SSSR count). The fourth-order valence-corrected chi connectivity index (χ4v) is 4.27. The van der Waals surface area contributed by atoms with Crippen LogP contribution in [0.2, 0.25) is 0 Å². The van der Waals surface area contributed by atoms with E-state index in [-0.39, 0.29) is 5.88 Å². The van der Waals surface area contributed by atoms with Gasteiger partial charge < -0.3 is 19.0 Å². The molecule has 0 bridgehead atoms. The first-order valence-corrected chi connectivity index (χ1v) is 10.3. The van der Waals surface area contributed by atoms with E-state index in [4.69, 9.17) is 13.9 Å². The van der Waals surface area contributed by atoms with E-state index in [1.807, 2.05) is 49.4 Å². The zero-order valence-electron chi connectivity index (χ0n) is 17.7. The number of hydrogen-bond donors (Lipinski definition) is 1. The quantitative estimate of drug-likeness (QED) is 0.382. The number of methoxy groups -OCH3 is 2. The van der Waals surface area contributed by atoms with E-state index >= 15 is 0 Å². The second-order valence-electron chi connectivity index (χ2n) is 7.57. The zero-order valence-corrected chi connectivity index (χ0v) is 17.7. The second-order valence-corrected chi connectivity index (χ2v) is 7.57. The minimum Gasteiger partial charge on any atom is -0.493 e. The highest BCUT2D eigenvalue weighted by atomic mass is 16.5. The molecule has 31 heavy (non-hydrogen) atoms. The molecule has 0 aliphatic carbocycles. The minimum absolute atomic E-state index is 0.0497. The van der Waals surface area contributed by atoms with Crippen molar-refractivity contribution >= 4 is 32.7 Å². The van der Waals surface area contributed by atoms with E-state index in [1.165, 1.54) is 0 Å². The predicted octanol–water partition coefficient (Wildman–Crippen LogP) is 6.01. The molecule has 0 radical (unpaired) electrons. The lowest BCUT2D eigenvalue weighted by Gasteiger charge is -2.15. The molecule has 0 saturated heterocycles. The summed E-state index contributed by atoms with van der Waals surface area (Å²) in [7, 11) is 3.23. The van der Waals surface area contributed by atoms with Crippen LogP contribution in [0.4, 0.5) is 0 Å². The van der Waals surface area contributed by atoms with Gasteiger partial charge in [-0.05, 0) is 47.7 Å². The number of furan rings is 1. The molecular formula is C26H23NO4. The van der Waals surface area contributed by atoms with Crippen molar-refractivity contribution in [3.05, 3.63) is 71.4 Å². The maximum absolute atomic E-state index is 10.8. The minimum atomic E-state index is 0.0497. The summed E-state index contributed by atoms with van der Waals surface area (Å²) in [5.74, 6) is 1.32. The normalized spacial score (nSPS) is 11.5. The molecule has 2 aromatic heterocycles. The lowest BCUT2D eigenvalue weighted by molar-refractivity contribution is 0.355. The van der Waals surface area contributed by atoms with Crippen LogP contribution in [0.15, 0.2) is 59.0 Å². The van der Waals surface area contributed by atoms with Crippen molar-refractivity contribution < 1.29 is 19.0 Å². The van der Waals surface area contributed by atoms with Gasteiger partial charge in [-0.3, -0.25) is 0 Å². The number of fused-ring (bicyclic) bond motifs is 4. The van der Waals surface area contributed by atoms with Gasteiger partial charge in [0, 0.05) is 28.1 Å². The summed E-state index contributed by atoms with van der Waals surface area (Å²) in [6.45, 7) is 2.02. The van der Waals surface area contributed by atoms with Gasteiger partial charge in [-0.2, -0.15) is 0 Å². The summed E-state index contributed by atoms with van der Waals surface area (Å²) in [6.07, 6.45) is 1.23. The third-order valence-corrected chi connectivity index (χ3v) is 5.83. The number of aryl methyl sites for hydroxylation is 1. The van der Waals surface area contributed by atoms with Crippen molar-refractivity contribution in [2.75, 3.05) is 14.2 Å². The van der Waals surface area contributed by atoms with Crippen LogP contribution in [0.25, 0.3) is 32.7 Å². The Kier molecular flexibility index (Phi) is 4.66. The number of nitrogens with zero attached hydrogens (tertiary/aromatic N) is 1. The van der Waals surface area contributed by atoms with E-state index in [1.54, 1.807) is 14.2 Å². The Labute approximate surface area is 179 Å². The van der Waals surface area contributed by atoms with Crippen LogP contribution < -0.4 is 9.47 Å². The number of para-hydroxylation sites is 1. The molecule has 1 N–H and O–H groups in total. The summed E-state index contributed by atoms with van der Waals surface area (Å²) in [6, 6.07) is 18.0. The van der Waals surface area contributed by atoms with Crippen molar-refractivity contribution in [3.8, 4) is 17.4 Å². The zero-order chi connectivity index (χ0) is 21.5. The smallest absolute Gasteiger partial charge is 0.215 e. The standard InChI is InChI=1S/C26H23NO4/c1-4-21-18-14-25(30-3)24(29-2)13-17(18)20(26(28)27-21)12-15-9-10-23-19(11-15)16-7-5-6-8-22(16)31-23/h5-11,13-14H,4,12H2,1-3H3,(H,27,28). The highest BCUT2D eigenvalue weighted by Crippen LogP contribution is 2.38. The molecule has 0 unspecified atom stereocenters. The Bertz CT molecular complexity index is 1430. The maximum atomic E-state index is 10.8. The van der Waals surface area contributed by atoms with Crippen molar-refractivity contribution in [3.63, 3.8) is 0 Å². The third-order valence-electron chi connectivity index (χ3n) is 5.83. The van der Waals surface area contributed by atoms with Gasteiger partial charge in [0.05, 0.1) is 19.9 Å². The number of rotatable bonds is 5. The number of hydrogen-bond acceptors (Lipinski definition) is 5. The highest BCUT2D eigenvalue weighted by molar-refractivity contribution is 6.05. The van der Waals surface area contributed by atoms with Crippen LogP contribution in [-0.4, -0.2) is 24.3 Å². The fourth-order valence-electron chi connectivity index (χ4n) is 4.27. The molecule has 5 heteroatoms. The van der Waals surface area contributed by atoms with Gasteiger partial charge in [0.25, 0.3) is 0 Å². The molecule has 2 heterocycles. The fraction of sp³-hybridized carbons (Fsp3) is 0.192. The second kappa shape index (κ2) is 7.51. The molecular weight excluding hydrogens is 390 g/mol. The van der Waals surface area contributed by atoms with Crippen LogP contribution in [0.1, 0.15) is 23.7 Å². The lowest BCUT2D eigenvalue weighted by atomic mass is 9.96. The van der Waals surface area contributed by atoms with Gasteiger partial charge in [0.2, 0.25) is 5.88 Å². The van der Waals surface area contributed by atoms with Crippen LogP contribution in [0, 0.1) is 0 Å². The Morgan fingerprint density at radius 2 is 1.55 bits per heavy atom. The molecule has 0 amide bonds. The predicted molar refractivity (Wildman–Crippen MR) is 122 cm³/mol. The SMILES string of the molecule is CCc1nc(O)c(Cc2ccc3oc4ccccc4c3c2)c2cc(OC)c(OC)cc12. The van der Waals surface area contributed by atoms with Crippen molar-refractivity contribution in [1.29, 1.82) is 0 Å². The van der Waals surface area contributed by atoms with Gasteiger partial charge in [-0.25, -0.2) is 4.98 Å². The Morgan fingerprint density at radius 3 is 2.29 bits per heavy atom. The topological polar surface area (TPSA) is 64.7 Å². The average Bonchev–Trinajstić information content (AvgIpc) is 3.17. The van der Waals surface area contributed by atoms with Gasteiger partial charge >= 0.3 is 0 Å². The van der Waals surface area contributed by atoms with E-state index < -0.39 is 0 Å². The van der Waals surface area contributed by atoms with Gasteiger partial charge in [-0.1, -0.05) is 31.2 Å². The first kappa shape index (κ1) is 19.2. The molecule has 156 valence electrons. The highest BCUT2D eigenvalue weighted by Gasteiger charge is 2.18. The number of ether oxygens (including phenoxy) is 2. The molecule has 0 aliphatic rings. The Hall–Kier alpha value is -3.73. The Morgan fingerprint density at radius 1 is 0.839 bits per heavy atom. The summed E-state index contributed by atoms with van der Waals surface area (Å²) in [5.41, 5.74) is 4.38. The van der Waals surface area contributed by atoms with Gasteiger partial charge in [-0.15, -0.1) is 0 Å². The first-order valence-electron chi connectivity index (χ1n) is 10.3. The van der Waals surface area contributed by atoms with Gasteiger partial charge in [0.15, 0.2) is 11.5 Å². The molecule has 0 aliphatic heterocycles. The van der Waals surface area contributed by atoms with E-state index in [0.717, 1.165) is 49.5 Å². The number of pyridine rings is 1. The monoisotopic (exact) mass is 413 g/mol. The summed E-state index contributed by atoms with van der Waals surface area (Å²) in [4.78, 5) is 4.49. The van der Waals surface area contributed by atoms with E-state index in [2.05, 4.69) is 17.1 Å². The lowest BCUT2D eigenvalue weighted by Crippen LogP contribution is -2.00. The van der Waals surface area contributed by atoms with Crippen LogP contribution in [0.3, 0.4) is 0 Å². The molecule has 3 aromatic carbocycles. The number of aromatic hydroxyl groups is 1. The summed E-state index contributed by atoms with van der Waals surface area (Å²) < 4.78 is 17.0. The molecule has 0 fully saturated rings. The molecule has 0 atom stereocenters. The number of benzene rings is 3. The number of aromatic nitrogens is 1. The third kappa shape index (κ3) is 3.13. The molecule has 0 spiro atoms. The summed E-state index contributed by atoms with van der Waals surface area (Å²) >= 11 is 0. The van der Waals surface area contributed by atoms with Crippen molar-refractivity contribution in [2.45, 2.75) is 19.8 Å². The molecule has 0 saturated carbocycles. The largest absolute Gasteiger partial charge is 0.493 e. The molecule has 5 aromatic rings. The van der Waals surface area contributed by atoms with Crippen LogP contribution in [0.5, 0.6) is 17.4 Å². The van der Waals surface area contributed by atoms with Crippen LogP contribution in [-0.2, 0) is 12.8 Å². The Balaban J connectivity index is 1.69. The van der Waals surface area contributed by atoms with E-state index in [0.29, 0.717) is 24.3 Å². The average molecular weight is 413 g/mol. The van der Waals surface area contributed by atoms with Crippen molar-refractivity contribution in [1.82, 2.24) is 4.98 Å². The summed E-state index contributed by atoms with van der Waals surface area (Å²) in [5, 5.41) is 14.8.